The second-order valence-corrected chi connectivity index (χ2v) is 12.4. The number of benzene rings is 3. The van der Waals surface area contributed by atoms with Crippen molar-refractivity contribution in [3.05, 3.63) is 78.4 Å². The summed E-state index contributed by atoms with van der Waals surface area (Å²) in [6, 6.07) is 24.1. The number of carbonyl (C=O) groups is 1. The van der Waals surface area contributed by atoms with E-state index < -0.39 is 5.60 Å². The molecule has 0 saturated heterocycles. The first kappa shape index (κ1) is 26.8. The van der Waals surface area contributed by atoms with Crippen molar-refractivity contribution in [2.45, 2.75) is 78.5 Å². The number of aromatic amines is 1. The van der Waals surface area contributed by atoms with Crippen molar-refractivity contribution in [1.82, 2.24) is 14.9 Å². The highest BCUT2D eigenvalue weighted by molar-refractivity contribution is 5.80. The van der Waals surface area contributed by atoms with E-state index >= 15 is 0 Å². The van der Waals surface area contributed by atoms with Gasteiger partial charge in [-0.05, 0) is 81.7 Å². The predicted molar refractivity (Wildman–Crippen MR) is 156 cm³/mol. The van der Waals surface area contributed by atoms with Crippen LogP contribution in [0.4, 0.5) is 4.79 Å². The molecule has 0 unspecified atom stereocenters. The van der Waals surface area contributed by atoms with E-state index in [0.717, 1.165) is 65.2 Å². The second-order valence-electron chi connectivity index (χ2n) is 12.4. The molecule has 0 aliphatic heterocycles. The zero-order valence-electron chi connectivity index (χ0n) is 23.7. The number of H-pyrrole nitrogens is 1. The van der Waals surface area contributed by atoms with Gasteiger partial charge in [0.2, 0.25) is 0 Å². The molecular weight excluding hydrogens is 486 g/mol. The fraction of sp³-hybridized carbons (Fsp3) is 0.394. The maximum Gasteiger partial charge on any atom is 0.410 e. The van der Waals surface area contributed by atoms with Crippen molar-refractivity contribution in [2.75, 3.05) is 0 Å². The first-order valence-corrected chi connectivity index (χ1v) is 13.9. The molecular formula is C33H39N3O3. The van der Waals surface area contributed by atoms with Gasteiger partial charge in [-0.1, -0.05) is 56.3 Å². The van der Waals surface area contributed by atoms with Crippen molar-refractivity contribution >= 4 is 17.1 Å². The minimum Gasteiger partial charge on any atom is -0.457 e. The summed E-state index contributed by atoms with van der Waals surface area (Å²) in [4.78, 5) is 23.2. The highest BCUT2D eigenvalue weighted by atomic mass is 16.6. The highest BCUT2D eigenvalue weighted by Gasteiger charge is 2.34. The molecule has 4 aromatic rings. The van der Waals surface area contributed by atoms with Gasteiger partial charge in [-0.15, -0.1) is 0 Å². The zero-order valence-corrected chi connectivity index (χ0v) is 23.7. The lowest BCUT2D eigenvalue weighted by atomic mass is 9.75. The minimum atomic E-state index is -0.530. The Kier molecular flexibility index (Phi) is 7.39. The summed E-state index contributed by atoms with van der Waals surface area (Å²) in [7, 11) is 0. The quantitative estimate of drug-likeness (QED) is 0.273. The van der Waals surface area contributed by atoms with Crippen LogP contribution in [-0.2, 0) is 11.3 Å². The van der Waals surface area contributed by atoms with Gasteiger partial charge in [0.05, 0.1) is 11.0 Å². The minimum absolute atomic E-state index is 0.185. The number of carbonyl (C=O) groups excluding carboxylic acids is 1. The lowest BCUT2D eigenvalue weighted by Gasteiger charge is -2.40. The van der Waals surface area contributed by atoms with Crippen LogP contribution in [0, 0.1) is 5.41 Å². The third-order valence-electron chi connectivity index (χ3n) is 7.39. The summed E-state index contributed by atoms with van der Waals surface area (Å²) in [6.07, 6.45) is 3.97. The van der Waals surface area contributed by atoms with E-state index in [1.807, 2.05) is 98.5 Å². The maximum atomic E-state index is 13.2. The van der Waals surface area contributed by atoms with E-state index in [1.165, 1.54) is 0 Å². The van der Waals surface area contributed by atoms with E-state index in [-0.39, 0.29) is 12.1 Å². The van der Waals surface area contributed by atoms with Crippen LogP contribution in [-0.4, -0.2) is 32.6 Å². The van der Waals surface area contributed by atoms with Gasteiger partial charge < -0.3 is 19.4 Å². The molecule has 1 saturated carbocycles. The van der Waals surface area contributed by atoms with Crippen LogP contribution in [0.15, 0.2) is 72.8 Å². The van der Waals surface area contributed by atoms with Crippen LogP contribution < -0.4 is 4.74 Å². The Hall–Kier alpha value is -3.80. The normalized spacial score (nSPS) is 15.7. The number of ether oxygens (including phenoxy) is 2. The number of amides is 1. The van der Waals surface area contributed by atoms with Crippen LogP contribution in [0.2, 0.25) is 0 Å². The summed E-state index contributed by atoms with van der Waals surface area (Å²) >= 11 is 0. The van der Waals surface area contributed by atoms with Crippen LogP contribution in [0.3, 0.4) is 0 Å². The monoisotopic (exact) mass is 525 g/mol. The first-order chi connectivity index (χ1) is 18.5. The first-order valence-electron chi connectivity index (χ1n) is 13.9. The topological polar surface area (TPSA) is 67.5 Å². The molecule has 0 atom stereocenters. The Morgan fingerprint density at radius 3 is 2.31 bits per heavy atom. The van der Waals surface area contributed by atoms with Crippen molar-refractivity contribution < 1.29 is 14.3 Å². The van der Waals surface area contributed by atoms with Gasteiger partial charge >= 0.3 is 6.09 Å². The SMILES string of the molecule is CC1(C)CCC(N(Cc2ccc(Oc3ccc4[nH]c(-c5ccccc5)nc4c3)cc2)C(=O)OC(C)(C)C)CC1. The molecule has 1 amide bonds. The molecule has 1 fully saturated rings. The average molecular weight is 526 g/mol. The largest absolute Gasteiger partial charge is 0.457 e. The van der Waals surface area contributed by atoms with Crippen molar-refractivity contribution in [2.24, 2.45) is 5.41 Å². The molecule has 6 heteroatoms. The van der Waals surface area contributed by atoms with Gasteiger partial charge in [0.15, 0.2) is 0 Å². The number of hydrogen-bond donors (Lipinski definition) is 1. The summed E-state index contributed by atoms with van der Waals surface area (Å²) in [5, 5.41) is 0. The van der Waals surface area contributed by atoms with Crippen molar-refractivity contribution in [1.29, 1.82) is 0 Å². The summed E-state index contributed by atoms with van der Waals surface area (Å²) < 4.78 is 12.0. The van der Waals surface area contributed by atoms with E-state index in [2.05, 4.69) is 18.8 Å². The molecule has 1 heterocycles. The summed E-state index contributed by atoms with van der Waals surface area (Å²) in [5.74, 6) is 2.30. The van der Waals surface area contributed by atoms with E-state index in [1.54, 1.807) is 0 Å². The van der Waals surface area contributed by atoms with Gasteiger partial charge in [-0.2, -0.15) is 0 Å². The Bertz CT molecular complexity index is 1410. The standard InChI is InChI=1S/C33H39N3O3/c1-32(2,3)39-31(37)36(25-17-19-33(4,5)20-18-25)22-23-11-13-26(14-12-23)38-27-15-16-28-29(21-27)35-30(34-28)24-9-7-6-8-10-24/h6-16,21,25H,17-20,22H2,1-5H3,(H,34,35). The molecule has 0 radical (unpaired) electrons. The number of aromatic nitrogens is 2. The predicted octanol–water partition coefficient (Wildman–Crippen LogP) is 8.73. The third kappa shape index (κ3) is 6.80. The fourth-order valence-electron chi connectivity index (χ4n) is 5.14. The van der Waals surface area contributed by atoms with Gasteiger partial charge in [0, 0.05) is 24.2 Å². The molecule has 5 rings (SSSR count). The Morgan fingerprint density at radius 1 is 0.974 bits per heavy atom. The maximum absolute atomic E-state index is 13.2. The van der Waals surface area contributed by atoms with E-state index in [9.17, 15) is 4.79 Å². The molecule has 1 aliphatic carbocycles. The molecule has 1 aromatic heterocycles. The number of imidazole rings is 1. The Balaban J connectivity index is 1.28. The lowest BCUT2D eigenvalue weighted by Crippen LogP contribution is -2.45. The van der Waals surface area contributed by atoms with Gasteiger partial charge in [0.1, 0.15) is 22.9 Å². The van der Waals surface area contributed by atoms with Crippen LogP contribution in [0.1, 0.15) is 65.9 Å². The van der Waals surface area contributed by atoms with Crippen molar-refractivity contribution in [3.63, 3.8) is 0 Å². The number of hydrogen-bond acceptors (Lipinski definition) is 4. The third-order valence-corrected chi connectivity index (χ3v) is 7.39. The highest BCUT2D eigenvalue weighted by Crippen LogP contribution is 2.38. The molecule has 1 aliphatic rings. The van der Waals surface area contributed by atoms with E-state index in [4.69, 9.17) is 14.5 Å². The van der Waals surface area contributed by atoms with Crippen LogP contribution in [0.25, 0.3) is 22.4 Å². The number of nitrogens with zero attached hydrogens (tertiary/aromatic N) is 2. The van der Waals surface area contributed by atoms with Crippen LogP contribution >= 0.6 is 0 Å². The second kappa shape index (κ2) is 10.8. The molecule has 6 nitrogen and oxygen atoms in total. The summed E-state index contributed by atoms with van der Waals surface area (Å²) in [6.45, 7) is 10.9. The lowest BCUT2D eigenvalue weighted by molar-refractivity contribution is 0.00491. The Morgan fingerprint density at radius 2 is 1.64 bits per heavy atom. The smallest absolute Gasteiger partial charge is 0.410 e. The Labute approximate surface area is 231 Å². The van der Waals surface area contributed by atoms with Gasteiger partial charge in [-0.3, -0.25) is 0 Å². The molecule has 0 bridgehead atoms. The number of rotatable bonds is 6. The fourth-order valence-corrected chi connectivity index (χ4v) is 5.14. The van der Waals surface area contributed by atoms with Crippen LogP contribution in [0.5, 0.6) is 11.5 Å². The average Bonchev–Trinajstić information content (AvgIpc) is 3.32. The summed E-state index contributed by atoms with van der Waals surface area (Å²) in [5.41, 5.74) is 3.71. The molecule has 3 aromatic carbocycles. The molecule has 0 spiro atoms. The van der Waals surface area contributed by atoms with Crippen molar-refractivity contribution in [3.8, 4) is 22.9 Å². The van der Waals surface area contributed by atoms with Gasteiger partial charge in [-0.25, -0.2) is 9.78 Å². The van der Waals surface area contributed by atoms with E-state index in [0.29, 0.717) is 12.0 Å². The molecule has 39 heavy (non-hydrogen) atoms. The molecule has 204 valence electrons. The zero-order chi connectivity index (χ0) is 27.6. The number of fused-ring (bicyclic) bond motifs is 1. The molecule has 1 N–H and O–H groups in total. The van der Waals surface area contributed by atoms with Gasteiger partial charge in [0.25, 0.3) is 0 Å². The number of nitrogens with one attached hydrogen (secondary N) is 1.